The Morgan fingerprint density at radius 2 is 1.56 bits per heavy atom. The normalized spacial score (nSPS) is 12.1. The van der Waals surface area contributed by atoms with E-state index in [-0.39, 0.29) is 5.41 Å². The van der Waals surface area contributed by atoms with E-state index in [2.05, 4.69) is 65.0 Å². The molecule has 0 saturated carbocycles. The van der Waals surface area contributed by atoms with Crippen molar-refractivity contribution in [1.82, 2.24) is 0 Å². The van der Waals surface area contributed by atoms with Gasteiger partial charge in [-0.1, -0.05) is 56.7 Å². The first-order valence-corrected chi connectivity index (χ1v) is 5.90. The summed E-state index contributed by atoms with van der Waals surface area (Å²) in [5, 5.41) is 2.80. The van der Waals surface area contributed by atoms with Gasteiger partial charge in [-0.05, 0) is 41.2 Å². The molecule has 0 aliphatic rings. The highest BCUT2D eigenvalue weighted by Crippen LogP contribution is 2.31. The highest BCUT2D eigenvalue weighted by atomic mass is 14.2. The Hall–Kier alpha value is -1.30. The third kappa shape index (κ3) is 1.84. The van der Waals surface area contributed by atoms with E-state index in [1.807, 2.05) is 0 Å². The van der Waals surface area contributed by atoms with Crippen molar-refractivity contribution in [3.05, 3.63) is 47.0 Å². The molecule has 0 aliphatic heterocycles. The minimum absolute atomic E-state index is 0.208. The van der Waals surface area contributed by atoms with Gasteiger partial charge in [0.05, 0.1) is 0 Å². The van der Waals surface area contributed by atoms with E-state index >= 15 is 0 Å². The summed E-state index contributed by atoms with van der Waals surface area (Å²) in [7, 11) is 0. The molecule has 84 valence electrons. The molecule has 0 spiro atoms. The zero-order valence-electron chi connectivity index (χ0n) is 10.9. The van der Waals surface area contributed by atoms with Crippen LogP contribution in [0.1, 0.15) is 37.5 Å². The molecule has 0 fully saturated rings. The molecule has 0 N–H and O–H groups in total. The maximum atomic E-state index is 2.31. The molecule has 0 unspecified atom stereocenters. The first-order valence-electron chi connectivity index (χ1n) is 5.90. The molecule has 0 atom stereocenters. The first kappa shape index (κ1) is 11.2. The zero-order chi connectivity index (χ0) is 11.9. The van der Waals surface area contributed by atoms with Crippen molar-refractivity contribution in [2.75, 3.05) is 0 Å². The van der Waals surface area contributed by atoms with E-state index in [1.165, 1.54) is 27.5 Å². The van der Waals surface area contributed by atoms with Crippen molar-refractivity contribution in [2.45, 2.75) is 40.0 Å². The number of rotatable bonds is 0. The second kappa shape index (κ2) is 3.62. The third-order valence-electron chi connectivity index (χ3n) is 3.16. The van der Waals surface area contributed by atoms with Gasteiger partial charge in [-0.3, -0.25) is 0 Å². The number of aryl methyl sites for hydroxylation is 2. The van der Waals surface area contributed by atoms with E-state index in [0.717, 1.165) is 0 Å². The molecular weight excluding hydrogens is 192 g/mol. The van der Waals surface area contributed by atoms with Gasteiger partial charge in [0.2, 0.25) is 0 Å². The van der Waals surface area contributed by atoms with Crippen LogP contribution >= 0.6 is 0 Å². The van der Waals surface area contributed by atoms with Gasteiger partial charge in [0, 0.05) is 0 Å². The minimum Gasteiger partial charge on any atom is -0.0613 e. The van der Waals surface area contributed by atoms with Crippen molar-refractivity contribution in [2.24, 2.45) is 0 Å². The summed E-state index contributed by atoms with van der Waals surface area (Å²) in [6.45, 7) is 11.2. The second-order valence-electron chi connectivity index (χ2n) is 5.73. The maximum absolute atomic E-state index is 2.31. The lowest BCUT2D eigenvalue weighted by Gasteiger charge is -2.22. The Bertz CT molecular complexity index is 527. The van der Waals surface area contributed by atoms with Crippen LogP contribution in [0.25, 0.3) is 10.8 Å². The average Bonchev–Trinajstić information content (AvgIpc) is 2.15. The minimum atomic E-state index is 0.208. The van der Waals surface area contributed by atoms with E-state index in [1.54, 1.807) is 0 Å². The zero-order valence-corrected chi connectivity index (χ0v) is 10.9. The van der Waals surface area contributed by atoms with E-state index < -0.39 is 0 Å². The number of fused-ring (bicyclic) bond motifs is 1. The molecule has 0 aromatic heterocycles. The van der Waals surface area contributed by atoms with Crippen LogP contribution < -0.4 is 0 Å². The van der Waals surface area contributed by atoms with Crippen LogP contribution in [0.3, 0.4) is 0 Å². The predicted octanol–water partition coefficient (Wildman–Crippen LogP) is 4.75. The van der Waals surface area contributed by atoms with Gasteiger partial charge in [-0.15, -0.1) is 0 Å². The lowest BCUT2D eigenvalue weighted by atomic mass is 9.83. The fraction of sp³-hybridized carbons (Fsp3) is 0.375. The smallest absolute Gasteiger partial charge is 0.0126 e. The molecule has 2 aromatic carbocycles. The highest BCUT2D eigenvalue weighted by molar-refractivity contribution is 5.89. The molecule has 16 heavy (non-hydrogen) atoms. The summed E-state index contributed by atoms with van der Waals surface area (Å²) < 4.78 is 0. The van der Waals surface area contributed by atoms with Crippen LogP contribution in [0.2, 0.25) is 0 Å². The van der Waals surface area contributed by atoms with Crippen molar-refractivity contribution in [3.63, 3.8) is 0 Å². The molecule has 0 nitrogen and oxygen atoms in total. The van der Waals surface area contributed by atoms with Crippen molar-refractivity contribution in [3.8, 4) is 0 Å². The lowest BCUT2D eigenvalue weighted by molar-refractivity contribution is 0.596. The molecule has 0 aliphatic carbocycles. The fourth-order valence-corrected chi connectivity index (χ4v) is 2.41. The van der Waals surface area contributed by atoms with Crippen LogP contribution in [0.4, 0.5) is 0 Å². The largest absolute Gasteiger partial charge is 0.0613 e. The molecular formula is C16H20. The quantitative estimate of drug-likeness (QED) is 0.591. The van der Waals surface area contributed by atoms with E-state index in [9.17, 15) is 0 Å². The molecule has 0 heterocycles. The summed E-state index contributed by atoms with van der Waals surface area (Å²) in [5.41, 5.74) is 4.37. The number of hydrogen-bond donors (Lipinski definition) is 0. The van der Waals surface area contributed by atoms with Gasteiger partial charge in [-0.25, -0.2) is 0 Å². The van der Waals surface area contributed by atoms with Crippen molar-refractivity contribution < 1.29 is 0 Å². The maximum Gasteiger partial charge on any atom is -0.0126 e. The Morgan fingerprint density at radius 1 is 0.875 bits per heavy atom. The highest BCUT2D eigenvalue weighted by Gasteiger charge is 2.16. The first-order chi connectivity index (χ1) is 7.39. The SMILES string of the molecule is Cc1cc(C)c2cccc(C(C)(C)C)c2c1. The molecule has 2 rings (SSSR count). The van der Waals surface area contributed by atoms with E-state index in [4.69, 9.17) is 0 Å². The third-order valence-corrected chi connectivity index (χ3v) is 3.16. The van der Waals surface area contributed by atoms with Crippen LogP contribution in [-0.2, 0) is 5.41 Å². The summed E-state index contributed by atoms with van der Waals surface area (Å²) in [5.74, 6) is 0. The lowest BCUT2D eigenvalue weighted by Crippen LogP contribution is -2.11. The summed E-state index contributed by atoms with van der Waals surface area (Å²) in [6, 6.07) is 11.2. The van der Waals surface area contributed by atoms with E-state index in [0.29, 0.717) is 0 Å². The van der Waals surface area contributed by atoms with Gasteiger partial charge in [0.1, 0.15) is 0 Å². The number of hydrogen-bond acceptors (Lipinski definition) is 0. The molecule has 0 radical (unpaired) electrons. The van der Waals surface area contributed by atoms with Crippen molar-refractivity contribution >= 4 is 10.8 Å². The summed E-state index contributed by atoms with van der Waals surface area (Å²) in [6.07, 6.45) is 0. The molecule has 0 heteroatoms. The molecule has 0 amide bonds. The van der Waals surface area contributed by atoms with Crippen LogP contribution in [0.15, 0.2) is 30.3 Å². The van der Waals surface area contributed by atoms with Crippen LogP contribution in [-0.4, -0.2) is 0 Å². The molecule has 0 bridgehead atoms. The fourth-order valence-electron chi connectivity index (χ4n) is 2.41. The van der Waals surface area contributed by atoms with Gasteiger partial charge in [0.25, 0.3) is 0 Å². The van der Waals surface area contributed by atoms with Gasteiger partial charge >= 0.3 is 0 Å². The van der Waals surface area contributed by atoms with Gasteiger partial charge in [0.15, 0.2) is 0 Å². The molecule has 2 aromatic rings. The van der Waals surface area contributed by atoms with Crippen LogP contribution in [0.5, 0.6) is 0 Å². The summed E-state index contributed by atoms with van der Waals surface area (Å²) in [4.78, 5) is 0. The Labute approximate surface area is 98.3 Å². The average molecular weight is 212 g/mol. The Morgan fingerprint density at radius 3 is 2.19 bits per heavy atom. The molecule has 0 saturated heterocycles. The van der Waals surface area contributed by atoms with Gasteiger partial charge < -0.3 is 0 Å². The standard InChI is InChI=1S/C16H20/c1-11-9-12(2)13-7-6-8-15(14(13)10-11)16(3,4)5/h6-10H,1-5H3. The van der Waals surface area contributed by atoms with Crippen LogP contribution in [0, 0.1) is 13.8 Å². The second-order valence-corrected chi connectivity index (χ2v) is 5.73. The number of benzene rings is 2. The van der Waals surface area contributed by atoms with Gasteiger partial charge in [-0.2, -0.15) is 0 Å². The van der Waals surface area contributed by atoms with Crippen molar-refractivity contribution in [1.29, 1.82) is 0 Å². The Kier molecular flexibility index (Phi) is 2.53. The predicted molar refractivity (Wildman–Crippen MR) is 72.1 cm³/mol. The summed E-state index contributed by atoms with van der Waals surface area (Å²) >= 11 is 0. The monoisotopic (exact) mass is 212 g/mol. The Balaban J connectivity index is 2.87. The topological polar surface area (TPSA) is 0 Å².